The molecule has 98 valence electrons. The molecule has 1 N–H and O–H groups in total. The van der Waals surface area contributed by atoms with Gasteiger partial charge >= 0.3 is 0 Å². The van der Waals surface area contributed by atoms with E-state index in [2.05, 4.69) is 11.2 Å². The molecule has 1 aliphatic heterocycles. The number of aliphatic hydroxyl groups excluding tert-OH is 1. The minimum absolute atomic E-state index is 0.0840. The van der Waals surface area contributed by atoms with Crippen LogP contribution in [0.5, 0.6) is 5.75 Å². The Hall–Kier alpha value is -2.07. The van der Waals surface area contributed by atoms with E-state index >= 15 is 0 Å². The van der Waals surface area contributed by atoms with Gasteiger partial charge in [-0.2, -0.15) is 5.10 Å². The van der Waals surface area contributed by atoms with E-state index in [0.717, 1.165) is 34.6 Å². The molecule has 19 heavy (non-hydrogen) atoms. The summed E-state index contributed by atoms with van der Waals surface area (Å²) in [5.41, 5.74) is 4.17. The summed E-state index contributed by atoms with van der Waals surface area (Å²) in [5, 5.41) is 13.7. The molecule has 0 saturated carbocycles. The van der Waals surface area contributed by atoms with Crippen LogP contribution in [0, 0.1) is 0 Å². The number of allylic oxidation sites excluding steroid dienone is 1. The topological polar surface area (TPSA) is 47.3 Å². The Bertz CT molecular complexity index is 615. The molecular weight excluding hydrogens is 240 g/mol. The molecule has 0 radical (unpaired) electrons. The summed E-state index contributed by atoms with van der Waals surface area (Å²) in [4.78, 5) is 0. The van der Waals surface area contributed by atoms with Crippen molar-refractivity contribution in [1.82, 2.24) is 9.78 Å². The molecule has 1 aromatic heterocycles. The van der Waals surface area contributed by atoms with Gasteiger partial charge in [0.05, 0.1) is 18.9 Å². The second kappa shape index (κ2) is 4.90. The summed E-state index contributed by atoms with van der Waals surface area (Å²) in [6, 6.07) is 7.90. The van der Waals surface area contributed by atoms with Crippen LogP contribution in [0.3, 0.4) is 0 Å². The smallest absolute Gasteiger partial charge is 0.126 e. The standard InChI is InChI=1S/C15H16N2O2/c1-11-12(10-18)5-8-19-15-4-3-13(9-14(11)15)17-7-2-6-16-17/h2-4,6-7,9,18H,5,8,10H2,1H3. The molecule has 2 heterocycles. The first-order valence-corrected chi connectivity index (χ1v) is 6.36. The number of hydrogen-bond donors (Lipinski definition) is 1. The zero-order chi connectivity index (χ0) is 13.2. The summed E-state index contributed by atoms with van der Waals surface area (Å²) < 4.78 is 7.56. The molecule has 4 heteroatoms. The van der Waals surface area contributed by atoms with E-state index in [1.54, 1.807) is 6.20 Å². The monoisotopic (exact) mass is 256 g/mol. The van der Waals surface area contributed by atoms with Crippen LogP contribution < -0.4 is 4.74 Å². The van der Waals surface area contributed by atoms with Gasteiger partial charge in [-0.1, -0.05) is 0 Å². The SMILES string of the molecule is CC1=C(CO)CCOc2ccc(-n3cccn3)cc21. The van der Waals surface area contributed by atoms with Crippen LogP contribution in [0.2, 0.25) is 0 Å². The first-order chi connectivity index (χ1) is 9.29. The predicted octanol–water partition coefficient (Wildman–Crippen LogP) is 2.42. The molecule has 0 spiro atoms. The van der Waals surface area contributed by atoms with E-state index < -0.39 is 0 Å². The number of rotatable bonds is 2. The van der Waals surface area contributed by atoms with Gasteiger partial charge in [-0.05, 0) is 42.3 Å². The molecule has 4 nitrogen and oxygen atoms in total. The van der Waals surface area contributed by atoms with E-state index in [-0.39, 0.29) is 6.61 Å². The maximum absolute atomic E-state index is 9.43. The molecule has 0 atom stereocenters. The Morgan fingerprint density at radius 2 is 2.32 bits per heavy atom. The molecule has 0 fully saturated rings. The summed E-state index contributed by atoms with van der Waals surface area (Å²) in [6.07, 6.45) is 4.43. The van der Waals surface area contributed by atoms with Gasteiger partial charge in [-0.15, -0.1) is 0 Å². The second-order valence-corrected chi connectivity index (χ2v) is 4.62. The third kappa shape index (κ3) is 2.15. The van der Waals surface area contributed by atoms with E-state index in [4.69, 9.17) is 4.74 Å². The summed E-state index contributed by atoms with van der Waals surface area (Å²) in [5.74, 6) is 0.872. The highest BCUT2D eigenvalue weighted by Crippen LogP contribution is 2.33. The lowest BCUT2D eigenvalue weighted by atomic mass is 9.99. The van der Waals surface area contributed by atoms with Crippen molar-refractivity contribution in [2.75, 3.05) is 13.2 Å². The van der Waals surface area contributed by atoms with Crippen LogP contribution in [-0.2, 0) is 0 Å². The molecule has 0 amide bonds. The first-order valence-electron chi connectivity index (χ1n) is 6.36. The summed E-state index contributed by atoms with van der Waals surface area (Å²) in [6.45, 7) is 2.73. The van der Waals surface area contributed by atoms with E-state index in [0.29, 0.717) is 6.61 Å². The fourth-order valence-corrected chi connectivity index (χ4v) is 2.36. The third-order valence-corrected chi connectivity index (χ3v) is 3.52. The van der Waals surface area contributed by atoms with Crippen molar-refractivity contribution < 1.29 is 9.84 Å². The molecule has 0 unspecified atom stereocenters. The van der Waals surface area contributed by atoms with Crippen LogP contribution in [0.4, 0.5) is 0 Å². The number of hydrogen-bond acceptors (Lipinski definition) is 3. The zero-order valence-electron chi connectivity index (χ0n) is 10.8. The van der Waals surface area contributed by atoms with Crippen molar-refractivity contribution in [3.63, 3.8) is 0 Å². The molecule has 0 aliphatic carbocycles. The third-order valence-electron chi connectivity index (χ3n) is 3.52. The second-order valence-electron chi connectivity index (χ2n) is 4.62. The number of ether oxygens (including phenoxy) is 1. The largest absolute Gasteiger partial charge is 0.493 e. The molecule has 0 bridgehead atoms. The Labute approximate surface area is 111 Å². The van der Waals surface area contributed by atoms with Crippen molar-refractivity contribution in [3.8, 4) is 11.4 Å². The van der Waals surface area contributed by atoms with E-state index in [9.17, 15) is 5.11 Å². The molecule has 1 aliphatic rings. The molecule has 1 aromatic carbocycles. The minimum Gasteiger partial charge on any atom is -0.493 e. The molecule has 0 saturated heterocycles. The van der Waals surface area contributed by atoms with Crippen LogP contribution >= 0.6 is 0 Å². The first kappa shape index (κ1) is 12.0. The average Bonchev–Trinajstić information content (AvgIpc) is 2.92. The highest BCUT2D eigenvalue weighted by Gasteiger charge is 2.15. The number of aliphatic hydroxyl groups is 1. The zero-order valence-corrected chi connectivity index (χ0v) is 10.8. The van der Waals surface area contributed by atoms with Gasteiger partial charge in [0.25, 0.3) is 0 Å². The van der Waals surface area contributed by atoms with Crippen molar-refractivity contribution in [1.29, 1.82) is 0 Å². The van der Waals surface area contributed by atoms with Crippen LogP contribution in [0.15, 0.2) is 42.2 Å². The van der Waals surface area contributed by atoms with Crippen LogP contribution in [-0.4, -0.2) is 28.1 Å². The Kier molecular flexibility index (Phi) is 3.09. The average molecular weight is 256 g/mol. The summed E-state index contributed by atoms with van der Waals surface area (Å²) in [7, 11) is 0. The van der Waals surface area contributed by atoms with Gasteiger partial charge in [-0.25, -0.2) is 4.68 Å². The quantitative estimate of drug-likeness (QED) is 0.897. The maximum Gasteiger partial charge on any atom is 0.126 e. The van der Waals surface area contributed by atoms with Crippen LogP contribution in [0.1, 0.15) is 18.9 Å². The van der Waals surface area contributed by atoms with Gasteiger partial charge in [0, 0.05) is 24.4 Å². The lowest BCUT2D eigenvalue weighted by Crippen LogP contribution is -1.99. The summed E-state index contributed by atoms with van der Waals surface area (Å²) >= 11 is 0. The fourth-order valence-electron chi connectivity index (χ4n) is 2.36. The van der Waals surface area contributed by atoms with Crippen molar-refractivity contribution in [2.24, 2.45) is 0 Å². The normalized spacial score (nSPS) is 14.8. The van der Waals surface area contributed by atoms with Crippen molar-refractivity contribution in [3.05, 3.63) is 47.8 Å². The fraction of sp³-hybridized carbons (Fsp3) is 0.267. The molecule has 2 aromatic rings. The maximum atomic E-state index is 9.43. The van der Waals surface area contributed by atoms with Gasteiger partial charge in [0.2, 0.25) is 0 Å². The van der Waals surface area contributed by atoms with Crippen LogP contribution in [0.25, 0.3) is 11.3 Å². The number of fused-ring (bicyclic) bond motifs is 1. The van der Waals surface area contributed by atoms with Crippen molar-refractivity contribution in [2.45, 2.75) is 13.3 Å². The van der Waals surface area contributed by atoms with Crippen molar-refractivity contribution >= 4 is 5.57 Å². The lowest BCUT2D eigenvalue weighted by Gasteiger charge is -2.11. The number of nitrogens with zero attached hydrogens (tertiary/aromatic N) is 2. The Balaban J connectivity index is 2.12. The minimum atomic E-state index is 0.0840. The van der Waals surface area contributed by atoms with Gasteiger partial charge in [-0.3, -0.25) is 0 Å². The van der Waals surface area contributed by atoms with Gasteiger partial charge < -0.3 is 9.84 Å². The Morgan fingerprint density at radius 1 is 1.42 bits per heavy atom. The van der Waals surface area contributed by atoms with Gasteiger partial charge in [0.1, 0.15) is 5.75 Å². The molecule has 3 rings (SSSR count). The van der Waals surface area contributed by atoms with Gasteiger partial charge in [0.15, 0.2) is 0 Å². The van der Waals surface area contributed by atoms with E-state index in [1.807, 2.05) is 36.0 Å². The predicted molar refractivity (Wildman–Crippen MR) is 73.4 cm³/mol. The molecular formula is C15H16N2O2. The lowest BCUT2D eigenvalue weighted by molar-refractivity contribution is 0.297. The Morgan fingerprint density at radius 3 is 3.05 bits per heavy atom. The van der Waals surface area contributed by atoms with E-state index in [1.165, 1.54) is 0 Å². The number of benzene rings is 1. The number of aromatic nitrogens is 2. The highest BCUT2D eigenvalue weighted by molar-refractivity contribution is 5.74. The highest BCUT2D eigenvalue weighted by atomic mass is 16.5.